The second-order valence-electron chi connectivity index (χ2n) is 3.97. The third-order valence-corrected chi connectivity index (χ3v) is 4.08. The minimum absolute atomic E-state index is 0.0475. The van der Waals surface area contributed by atoms with Crippen molar-refractivity contribution in [3.05, 3.63) is 35.9 Å². The number of H-pyrrole nitrogens is 1. The molecule has 0 aliphatic rings. The average molecular weight is 295 g/mol. The van der Waals surface area contributed by atoms with Crippen molar-refractivity contribution in [1.29, 1.82) is 0 Å². The van der Waals surface area contributed by atoms with Crippen LogP contribution < -0.4 is 10.0 Å². The molecule has 2 rings (SSSR count). The van der Waals surface area contributed by atoms with Gasteiger partial charge >= 0.3 is 0 Å². The van der Waals surface area contributed by atoms with Gasteiger partial charge in [0.25, 0.3) is 5.91 Å². The summed E-state index contributed by atoms with van der Waals surface area (Å²) in [6.07, 6.45) is 1.21. The van der Waals surface area contributed by atoms with E-state index in [9.17, 15) is 13.2 Å². The van der Waals surface area contributed by atoms with Crippen LogP contribution in [-0.2, 0) is 10.0 Å². The number of rotatable bonds is 4. The molecule has 1 aromatic carbocycles. The lowest BCUT2D eigenvalue weighted by atomic mass is 10.2. The number of anilines is 1. The second kappa shape index (κ2) is 5.39. The number of aryl methyl sites for hydroxylation is 1. The molecule has 0 atom stereocenters. The Balaban J connectivity index is 2.33. The first kappa shape index (κ1) is 14.2. The highest BCUT2D eigenvalue weighted by Crippen LogP contribution is 2.20. The van der Waals surface area contributed by atoms with E-state index in [1.165, 1.54) is 25.5 Å². The van der Waals surface area contributed by atoms with Gasteiger partial charge < -0.3 is 5.32 Å². The summed E-state index contributed by atoms with van der Waals surface area (Å²) in [6, 6.07) is 4.46. The van der Waals surface area contributed by atoms with E-state index < -0.39 is 15.9 Å². The fraction of sp³-hybridized carbons (Fsp3) is 0.182. The Kier molecular flexibility index (Phi) is 3.81. The number of hydrogen-bond donors (Lipinski definition) is 3. The number of nitrogens with zero attached hydrogens (tertiary/aromatic N) is 2. The van der Waals surface area contributed by atoms with Crippen LogP contribution in [0.25, 0.3) is 0 Å². The minimum Gasteiger partial charge on any atom is -0.319 e. The fourth-order valence-corrected chi connectivity index (χ4v) is 2.27. The number of amides is 1. The summed E-state index contributed by atoms with van der Waals surface area (Å²) in [7, 11) is -2.24. The number of benzene rings is 1. The van der Waals surface area contributed by atoms with Crippen LogP contribution in [0.2, 0.25) is 0 Å². The van der Waals surface area contributed by atoms with Crippen molar-refractivity contribution in [2.24, 2.45) is 0 Å². The quantitative estimate of drug-likeness (QED) is 0.748. The number of carbonyl (C=O) groups is 1. The van der Waals surface area contributed by atoms with Gasteiger partial charge in [0.2, 0.25) is 15.8 Å². The molecule has 0 saturated carbocycles. The highest BCUT2D eigenvalue weighted by atomic mass is 32.2. The van der Waals surface area contributed by atoms with Gasteiger partial charge in [-0.3, -0.25) is 9.89 Å². The van der Waals surface area contributed by atoms with E-state index in [0.29, 0.717) is 5.69 Å². The van der Waals surface area contributed by atoms with Crippen LogP contribution in [-0.4, -0.2) is 36.6 Å². The molecule has 0 fully saturated rings. The van der Waals surface area contributed by atoms with Crippen LogP contribution in [0.15, 0.2) is 29.4 Å². The van der Waals surface area contributed by atoms with Crippen molar-refractivity contribution in [1.82, 2.24) is 19.9 Å². The maximum absolute atomic E-state index is 11.8. The summed E-state index contributed by atoms with van der Waals surface area (Å²) in [5, 5.41) is 8.59. The molecule has 0 aliphatic heterocycles. The normalized spacial score (nSPS) is 11.3. The Morgan fingerprint density at radius 1 is 1.35 bits per heavy atom. The summed E-state index contributed by atoms with van der Waals surface area (Å²) >= 11 is 0. The zero-order valence-corrected chi connectivity index (χ0v) is 11.7. The molecular weight excluding hydrogens is 282 g/mol. The van der Waals surface area contributed by atoms with E-state index in [0.717, 1.165) is 5.56 Å². The molecule has 106 valence electrons. The van der Waals surface area contributed by atoms with Crippen molar-refractivity contribution < 1.29 is 13.2 Å². The van der Waals surface area contributed by atoms with Crippen LogP contribution in [0, 0.1) is 6.92 Å². The van der Waals surface area contributed by atoms with Gasteiger partial charge in [-0.05, 0) is 31.7 Å². The topological polar surface area (TPSA) is 117 Å². The lowest BCUT2D eigenvalue weighted by molar-refractivity contribution is 0.101. The average Bonchev–Trinajstić information content (AvgIpc) is 2.95. The number of aromatic amines is 1. The molecule has 0 unspecified atom stereocenters. The molecule has 0 radical (unpaired) electrons. The van der Waals surface area contributed by atoms with E-state index in [-0.39, 0.29) is 10.7 Å². The van der Waals surface area contributed by atoms with Crippen molar-refractivity contribution in [2.75, 3.05) is 12.4 Å². The Hall–Kier alpha value is -2.26. The molecule has 3 N–H and O–H groups in total. The van der Waals surface area contributed by atoms with Gasteiger partial charge in [-0.2, -0.15) is 5.10 Å². The fourth-order valence-electron chi connectivity index (χ4n) is 1.52. The van der Waals surface area contributed by atoms with Crippen molar-refractivity contribution in [3.63, 3.8) is 0 Å². The Morgan fingerprint density at radius 3 is 2.70 bits per heavy atom. The van der Waals surface area contributed by atoms with Crippen LogP contribution >= 0.6 is 0 Å². The number of nitrogens with one attached hydrogen (secondary N) is 3. The van der Waals surface area contributed by atoms with E-state index in [1.807, 2.05) is 0 Å². The number of carbonyl (C=O) groups excluding carboxylic acids is 1. The molecule has 20 heavy (non-hydrogen) atoms. The predicted molar refractivity (Wildman–Crippen MR) is 71.8 cm³/mol. The predicted octanol–water partition coefficient (Wildman–Crippen LogP) is 0.274. The van der Waals surface area contributed by atoms with E-state index in [2.05, 4.69) is 25.2 Å². The zero-order valence-electron chi connectivity index (χ0n) is 10.8. The van der Waals surface area contributed by atoms with Gasteiger partial charge in [0.15, 0.2) is 0 Å². The number of sulfonamides is 1. The van der Waals surface area contributed by atoms with Gasteiger partial charge in [0, 0.05) is 5.69 Å². The van der Waals surface area contributed by atoms with Crippen LogP contribution in [0.3, 0.4) is 0 Å². The lowest BCUT2D eigenvalue weighted by Crippen LogP contribution is -2.19. The monoisotopic (exact) mass is 295 g/mol. The van der Waals surface area contributed by atoms with Gasteiger partial charge in [-0.1, -0.05) is 6.07 Å². The van der Waals surface area contributed by atoms with E-state index in [1.54, 1.807) is 13.0 Å². The first-order valence-corrected chi connectivity index (χ1v) is 7.13. The van der Waals surface area contributed by atoms with E-state index in [4.69, 9.17) is 0 Å². The molecule has 0 saturated heterocycles. The summed E-state index contributed by atoms with van der Waals surface area (Å²) < 4.78 is 25.7. The second-order valence-corrected chi connectivity index (χ2v) is 5.86. The highest BCUT2D eigenvalue weighted by Gasteiger charge is 2.15. The first-order chi connectivity index (χ1) is 9.44. The molecule has 9 heteroatoms. The van der Waals surface area contributed by atoms with Crippen LogP contribution in [0.5, 0.6) is 0 Å². The third kappa shape index (κ3) is 2.83. The zero-order chi connectivity index (χ0) is 14.8. The summed E-state index contributed by atoms with van der Waals surface area (Å²) in [6.45, 7) is 1.76. The Labute approximate surface area is 115 Å². The standard InChI is InChI=1S/C11H13N5O3S/c1-7-3-4-8(20(18,19)12-2)5-9(7)15-11(17)10-13-6-14-16-10/h3-6,12H,1-2H3,(H,15,17)(H,13,14,16). The van der Waals surface area contributed by atoms with Gasteiger partial charge in [-0.25, -0.2) is 18.1 Å². The summed E-state index contributed by atoms with van der Waals surface area (Å²) in [5.41, 5.74) is 1.12. The first-order valence-electron chi connectivity index (χ1n) is 5.65. The van der Waals surface area contributed by atoms with Crippen LogP contribution in [0.1, 0.15) is 16.2 Å². The van der Waals surface area contributed by atoms with Crippen LogP contribution in [0.4, 0.5) is 5.69 Å². The smallest absolute Gasteiger partial charge is 0.292 e. The van der Waals surface area contributed by atoms with Gasteiger partial charge in [0.1, 0.15) is 6.33 Å². The minimum atomic E-state index is -3.56. The molecule has 8 nitrogen and oxygen atoms in total. The molecular formula is C11H13N5O3S. The lowest BCUT2D eigenvalue weighted by Gasteiger charge is -2.09. The summed E-state index contributed by atoms with van der Waals surface area (Å²) in [4.78, 5) is 15.6. The molecule has 0 aliphatic carbocycles. The Morgan fingerprint density at radius 2 is 2.10 bits per heavy atom. The van der Waals surface area contributed by atoms with Gasteiger partial charge in [0.05, 0.1) is 4.90 Å². The van der Waals surface area contributed by atoms with Gasteiger partial charge in [-0.15, -0.1) is 0 Å². The molecule has 0 bridgehead atoms. The van der Waals surface area contributed by atoms with Crippen molar-refractivity contribution in [2.45, 2.75) is 11.8 Å². The third-order valence-electron chi connectivity index (χ3n) is 2.67. The molecule has 1 aromatic heterocycles. The SMILES string of the molecule is CNS(=O)(=O)c1ccc(C)c(NC(=O)c2ncn[nH]2)c1. The summed E-state index contributed by atoms with van der Waals surface area (Å²) in [5.74, 6) is -0.448. The maximum Gasteiger partial charge on any atom is 0.292 e. The maximum atomic E-state index is 11.8. The number of aromatic nitrogens is 3. The molecule has 1 amide bonds. The Bertz CT molecular complexity index is 725. The highest BCUT2D eigenvalue weighted by molar-refractivity contribution is 7.89. The van der Waals surface area contributed by atoms with E-state index >= 15 is 0 Å². The number of hydrogen-bond acceptors (Lipinski definition) is 5. The molecule has 0 spiro atoms. The molecule has 2 aromatic rings. The van der Waals surface area contributed by atoms with Crippen molar-refractivity contribution in [3.8, 4) is 0 Å². The molecule has 1 heterocycles. The largest absolute Gasteiger partial charge is 0.319 e. The van der Waals surface area contributed by atoms with Crippen molar-refractivity contribution >= 4 is 21.6 Å².